The molecule has 1 spiro atoms. The Balaban J connectivity index is 2.07. The Bertz CT molecular complexity index is 276. The monoisotopic (exact) mass is 207 g/mol. The van der Waals surface area contributed by atoms with Gasteiger partial charge in [0.2, 0.25) is 6.54 Å². The summed E-state index contributed by atoms with van der Waals surface area (Å²) in [5, 5.41) is 0. The SMILES string of the molecule is [C-]#[N+]CC1CC(CC=C)C2(C1)OCCO2. The summed E-state index contributed by atoms with van der Waals surface area (Å²) < 4.78 is 11.5. The van der Waals surface area contributed by atoms with Gasteiger partial charge in [-0.05, 0) is 12.8 Å². The van der Waals surface area contributed by atoms with Gasteiger partial charge in [0.15, 0.2) is 5.79 Å². The summed E-state index contributed by atoms with van der Waals surface area (Å²) in [5.74, 6) is 0.443. The molecule has 3 nitrogen and oxygen atoms in total. The molecule has 2 atom stereocenters. The molecule has 1 saturated carbocycles. The number of nitrogens with zero attached hydrogens (tertiary/aromatic N) is 1. The van der Waals surface area contributed by atoms with E-state index in [1.165, 1.54) is 0 Å². The van der Waals surface area contributed by atoms with Crippen molar-refractivity contribution >= 4 is 0 Å². The van der Waals surface area contributed by atoms with E-state index in [-0.39, 0.29) is 5.79 Å². The highest BCUT2D eigenvalue weighted by atomic mass is 16.7. The van der Waals surface area contributed by atoms with Gasteiger partial charge < -0.3 is 14.3 Å². The molecule has 15 heavy (non-hydrogen) atoms. The molecule has 1 saturated heterocycles. The van der Waals surface area contributed by atoms with Crippen LogP contribution in [0.5, 0.6) is 0 Å². The van der Waals surface area contributed by atoms with Crippen LogP contribution in [-0.2, 0) is 9.47 Å². The van der Waals surface area contributed by atoms with Crippen molar-refractivity contribution in [3.05, 3.63) is 24.1 Å². The van der Waals surface area contributed by atoms with Crippen LogP contribution in [0, 0.1) is 18.4 Å². The molecule has 0 aromatic heterocycles. The summed E-state index contributed by atoms with van der Waals surface area (Å²) in [7, 11) is 0. The largest absolute Gasteiger partial charge is 0.347 e. The molecular formula is C12H17NO2. The van der Waals surface area contributed by atoms with Crippen molar-refractivity contribution in [2.24, 2.45) is 11.8 Å². The van der Waals surface area contributed by atoms with E-state index in [2.05, 4.69) is 11.4 Å². The lowest BCUT2D eigenvalue weighted by atomic mass is 9.98. The number of hydrogen-bond donors (Lipinski definition) is 0. The highest BCUT2D eigenvalue weighted by molar-refractivity contribution is 4.97. The van der Waals surface area contributed by atoms with Gasteiger partial charge in [0.25, 0.3) is 0 Å². The smallest absolute Gasteiger partial charge is 0.217 e. The zero-order chi connectivity index (χ0) is 10.7. The van der Waals surface area contributed by atoms with E-state index < -0.39 is 0 Å². The Morgan fingerprint density at radius 2 is 2.20 bits per heavy atom. The van der Waals surface area contributed by atoms with Crippen molar-refractivity contribution in [3.8, 4) is 0 Å². The second kappa shape index (κ2) is 4.34. The average molecular weight is 207 g/mol. The van der Waals surface area contributed by atoms with Crippen LogP contribution in [0.1, 0.15) is 19.3 Å². The van der Waals surface area contributed by atoms with Crippen LogP contribution >= 0.6 is 0 Å². The summed E-state index contributed by atoms with van der Waals surface area (Å²) in [6, 6.07) is 0. The van der Waals surface area contributed by atoms with E-state index in [9.17, 15) is 0 Å². The van der Waals surface area contributed by atoms with Gasteiger partial charge in [-0.3, -0.25) is 0 Å². The third kappa shape index (κ3) is 1.92. The van der Waals surface area contributed by atoms with Crippen molar-refractivity contribution in [2.45, 2.75) is 25.0 Å². The van der Waals surface area contributed by atoms with E-state index >= 15 is 0 Å². The van der Waals surface area contributed by atoms with Crippen LogP contribution in [-0.4, -0.2) is 25.5 Å². The zero-order valence-electron chi connectivity index (χ0n) is 8.95. The fourth-order valence-corrected chi connectivity index (χ4v) is 2.80. The third-order valence-electron chi connectivity index (χ3n) is 3.39. The Kier molecular flexibility index (Phi) is 3.08. The average Bonchev–Trinajstić information content (AvgIpc) is 2.79. The van der Waals surface area contributed by atoms with Crippen molar-refractivity contribution in [3.63, 3.8) is 0 Å². The summed E-state index contributed by atoms with van der Waals surface area (Å²) in [6.45, 7) is 12.7. The highest BCUT2D eigenvalue weighted by Crippen LogP contribution is 2.47. The van der Waals surface area contributed by atoms with Gasteiger partial charge >= 0.3 is 0 Å². The molecule has 0 aromatic rings. The maximum absolute atomic E-state index is 6.92. The molecule has 0 aromatic carbocycles. The molecule has 82 valence electrons. The van der Waals surface area contributed by atoms with E-state index in [0.717, 1.165) is 19.3 Å². The summed E-state index contributed by atoms with van der Waals surface area (Å²) >= 11 is 0. The van der Waals surface area contributed by atoms with Gasteiger partial charge in [-0.2, -0.15) is 0 Å². The fraction of sp³-hybridized carbons (Fsp3) is 0.750. The first kappa shape index (κ1) is 10.7. The fourth-order valence-electron chi connectivity index (χ4n) is 2.80. The van der Waals surface area contributed by atoms with E-state index in [4.69, 9.17) is 16.0 Å². The predicted octanol–water partition coefficient (Wildman–Crippen LogP) is 2.25. The van der Waals surface area contributed by atoms with Crippen LogP contribution in [0.15, 0.2) is 12.7 Å². The molecule has 3 heteroatoms. The number of allylic oxidation sites excluding steroid dienone is 1. The standard InChI is InChI=1S/C12H17NO2/c1-3-4-11-7-10(9-13-2)8-12(11)14-5-6-15-12/h3,10-11H,1,4-9H2. The van der Waals surface area contributed by atoms with E-state index in [0.29, 0.717) is 31.6 Å². The topological polar surface area (TPSA) is 22.8 Å². The van der Waals surface area contributed by atoms with Crippen molar-refractivity contribution in [1.82, 2.24) is 0 Å². The maximum Gasteiger partial charge on any atom is 0.217 e. The predicted molar refractivity (Wildman–Crippen MR) is 57.1 cm³/mol. The van der Waals surface area contributed by atoms with Crippen LogP contribution in [0.3, 0.4) is 0 Å². The first-order chi connectivity index (χ1) is 7.30. The number of hydrogen-bond acceptors (Lipinski definition) is 2. The summed E-state index contributed by atoms with van der Waals surface area (Å²) in [6.07, 6.45) is 4.77. The Morgan fingerprint density at radius 1 is 1.47 bits per heavy atom. The van der Waals surface area contributed by atoms with Gasteiger partial charge in [0, 0.05) is 18.3 Å². The quantitative estimate of drug-likeness (QED) is 0.523. The second-order valence-electron chi connectivity index (χ2n) is 4.38. The summed E-state index contributed by atoms with van der Waals surface area (Å²) in [5.41, 5.74) is 0. The van der Waals surface area contributed by atoms with E-state index in [1.54, 1.807) is 0 Å². The normalized spacial score (nSPS) is 33.0. The molecule has 1 heterocycles. The minimum atomic E-state index is -0.385. The molecule has 0 bridgehead atoms. The Hall–Kier alpha value is -0.850. The molecule has 2 unspecified atom stereocenters. The first-order valence-corrected chi connectivity index (χ1v) is 5.53. The zero-order valence-corrected chi connectivity index (χ0v) is 8.95. The second-order valence-corrected chi connectivity index (χ2v) is 4.38. The minimum absolute atomic E-state index is 0.385. The molecule has 2 aliphatic rings. The van der Waals surface area contributed by atoms with Gasteiger partial charge in [0.1, 0.15) is 0 Å². The third-order valence-corrected chi connectivity index (χ3v) is 3.39. The van der Waals surface area contributed by atoms with E-state index in [1.807, 2.05) is 6.08 Å². The lowest BCUT2D eigenvalue weighted by Crippen LogP contribution is -2.34. The van der Waals surface area contributed by atoms with Crippen LogP contribution in [0.4, 0.5) is 0 Å². The minimum Gasteiger partial charge on any atom is -0.347 e. The van der Waals surface area contributed by atoms with Crippen molar-refractivity contribution < 1.29 is 9.47 Å². The molecule has 1 aliphatic carbocycles. The van der Waals surface area contributed by atoms with Gasteiger partial charge in [-0.25, -0.2) is 6.57 Å². The lowest BCUT2D eigenvalue weighted by molar-refractivity contribution is -0.181. The van der Waals surface area contributed by atoms with Crippen molar-refractivity contribution in [1.29, 1.82) is 0 Å². The molecular weight excluding hydrogens is 190 g/mol. The van der Waals surface area contributed by atoms with Crippen LogP contribution in [0.25, 0.3) is 4.85 Å². The maximum atomic E-state index is 6.92. The van der Waals surface area contributed by atoms with Gasteiger partial charge in [0.05, 0.1) is 13.2 Å². The lowest BCUT2D eigenvalue weighted by Gasteiger charge is -2.28. The van der Waals surface area contributed by atoms with Gasteiger partial charge in [-0.1, -0.05) is 6.08 Å². The molecule has 0 N–H and O–H groups in total. The van der Waals surface area contributed by atoms with Crippen molar-refractivity contribution in [2.75, 3.05) is 19.8 Å². The molecule has 2 rings (SSSR count). The summed E-state index contributed by atoms with van der Waals surface area (Å²) in [4.78, 5) is 3.48. The number of rotatable bonds is 3. The van der Waals surface area contributed by atoms with Crippen LogP contribution < -0.4 is 0 Å². The van der Waals surface area contributed by atoms with Gasteiger partial charge in [-0.15, -0.1) is 6.58 Å². The first-order valence-electron chi connectivity index (χ1n) is 5.53. The Labute approximate surface area is 90.9 Å². The highest BCUT2D eigenvalue weighted by Gasteiger charge is 2.51. The molecule has 1 aliphatic heterocycles. The molecule has 0 radical (unpaired) electrons. The Morgan fingerprint density at radius 3 is 2.80 bits per heavy atom. The molecule has 2 fully saturated rings. The number of ether oxygens (including phenoxy) is 2. The molecule has 0 amide bonds. The van der Waals surface area contributed by atoms with Crippen LogP contribution in [0.2, 0.25) is 0 Å².